The molecule has 210 valence electrons. The van der Waals surface area contributed by atoms with Crippen molar-refractivity contribution in [3.05, 3.63) is 101 Å². The minimum atomic E-state index is -3.57. The zero-order valence-electron chi connectivity index (χ0n) is 23.0. The summed E-state index contributed by atoms with van der Waals surface area (Å²) in [5.74, 6) is -0.748. The zero-order chi connectivity index (χ0) is 28.6. The minimum absolute atomic E-state index is 0.149. The molecule has 0 radical (unpaired) electrons. The summed E-state index contributed by atoms with van der Waals surface area (Å²) in [5.41, 5.74) is 9.31. The van der Waals surface area contributed by atoms with Crippen molar-refractivity contribution in [3.8, 4) is 0 Å². The van der Waals surface area contributed by atoms with Gasteiger partial charge in [0.2, 0.25) is 10.0 Å². The SMILES string of the molecule is CCCC(N)(COCc1cc(C(=O)NC(C)c2ccc(F)cc2)cc(N(C)S(C)(=O)=O)c1)Cc1ccccc1. The Morgan fingerprint density at radius 3 is 2.36 bits per heavy atom. The number of nitrogens with two attached hydrogens (primary N) is 1. The largest absolute Gasteiger partial charge is 0.375 e. The van der Waals surface area contributed by atoms with Crippen molar-refractivity contribution in [2.75, 3.05) is 24.2 Å². The number of sulfonamides is 1. The molecule has 0 aliphatic carbocycles. The third kappa shape index (κ3) is 8.88. The fourth-order valence-corrected chi connectivity index (χ4v) is 4.95. The second-order valence-electron chi connectivity index (χ2n) is 10.1. The molecule has 3 N–H and O–H groups in total. The third-order valence-corrected chi connectivity index (χ3v) is 7.83. The van der Waals surface area contributed by atoms with Crippen molar-refractivity contribution < 1.29 is 22.3 Å². The quantitative estimate of drug-likeness (QED) is 0.310. The van der Waals surface area contributed by atoms with Gasteiger partial charge in [0.15, 0.2) is 0 Å². The van der Waals surface area contributed by atoms with Crippen LogP contribution in [-0.4, -0.2) is 39.8 Å². The van der Waals surface area contributed by atoms with Gasteiger partial charge in [-0.15, -0.1) is 0 Å². The number of ether oxygens (including phenoxy) is 1. The van der Waals surface area contributed by atoms with E-state index in [0.717, 1.165) is 34.5 Å². The monoisotopic (exact) mass is 555 g/mol. The first-order chi connectivity index (χ1) is 18.4. The Bertz CT molecular complexity index is 1350. The highest BCUT2D eigenvalue weighted by molar-refractivity contribution is 7.92. The highest BCUT2D eigenvalue weighted by Crippen LogP contribution is 2.24. The number of rotatable bonds is 13. The number of hydrogen-bond acceptors (Lipinski definition) is 5. The summed E-state index contributed by atoms with van der Waals surface area (Å²) < 4.78 is 45.0. The molecule has 0 aliphatic heterocycles. The molecule has 3 aromatic rings. The Morgan fingerprint density at radius 1 is 1.08 bits per heavy atom. The zero-order valence-corrected chi connectivity index (χ0v) is 23.8. The number of hydrogen-bond donors (Lipinski definition) is 2. The second-order valence-corrected chi connectivity index (χ2v) is 12.1. The lowest BCUT2D eigenvalue weighted by Gasteiger charge is -2.29. The van der Waals surface area contributed by atoms with Crippen molar-refractivity contribution in [2.24, 2.45) is 5.73 Å². The van der Waals surface area contributed by atoms with E-state index in [4.69, 9.17) is 10.5 Å². The van der Waals surface area contributed by atoms with Crippen LogP contribution >= 0.6 is 0 Å². The molecule has 0 fully saturated rings. The average Bonchev–Trinajstić information content (AvgIpc) is 2.88. The van der Waals surface area contributed by atoms with E-state index in [1.807, 2.05) is 30.3 Å². The number of carbonyl (C=O) groups excluding carboxylic acids is 1. The summed E-state index contributed by atoms with van der Waals surface area (Å²) in [6.45, 7) is 4.32. The Labute approximate surface area is 231 Å². The highest BCUT2D eigenvalue weighted by Gasteiger charge is 2.25. The minimum Gasteiger partial charge on any atom is -0.375 e. The highest BCUT2D eigenvalue weighted by atomic mass is 32.2. The van der Waals surface area contributed by atoms with Gasteiger partial charge in [0.1, 0.15) is 5.82 Å². The molecule has 2 atom stereocenters. The first kappa shape index (κ1) is 30.3. The van der Waals surface area contributed by atoms with Crippen LogP contribution in [0.4, 0.5) is 10.1 Å². The van der Waals surface area contributed by atoms with Crippen LogP contribution in [0.15, 0.2) is 72.8 Å². The van der Waals surface area contributed by atoms with E-state index in [1.165, 1.54) is 25.2 Å². The van der Waals surface area contributed by atoms with Crippen LogP contribution in [0.3, 0.4) is 0 Å². The molecule has 0 aliphatic rings. The van der Waals surface area contributed by atoms with Crippen LogP contribution in [0.1, 0.15) is 59.8 Å². The van der Waals surface area contributed by atoms with Gasteiger partial charge in [-0.1, -0.05) is 55.8 Å². The lowest BCUT2D eigenvalue weighted by Crippen LogP contribution is -2.46. The number of nitrogens with zero attached hydrogens (tertiary/aromatic N) is 1. The van der Waals surface area contributed by atoms with E-state index in [2.05, 4.69) is 12.2 Å². The fraction of sp³-hybridized carbons (Fsp3) is 0.367. The van der Waals surface area contributed by atoms with Gasteiger partial charge in [0.25, 0.3) is 5.91 Å². The van der Waals surface area contributed by atoms with E-state index in [-0.39, 0.29) is 29.9 Å². The maximum absolute atomic E-state index is 13.3. The number of nitrogens with one attached hydrogen (secondary N) is 1. The third-order valence-electron chi connectivity index (χ3n) is 6.62. The van der Waals surface area contributed by atoms with Gasteiger partial charge < -0.3 is 15.8 Å². The molecule has 0 bridgehead atoms. The van der Waals surface area contributed by atoms with Crippen molar-refractivity contribution in [3.63, 3.8) is 0 Å². The van der Waals surface area contributed by atoms with Gasteiger partial charge in [-0.25, -0.2) is 12.8 Å². The first-order valence-electron chi connectivity index (χ1n) is 12.9. The van der Waals surface area contributed by atoms with Gasteiger partial charge in [0, 0.05) is 18.2 Å². The van der Waals surface area contributed by atoms with E-state index < -0.39 is 15.6 Å². The number of carbonyl (C=O) groups is 1. The maximum Gasteiger partial charge on any atom is 0.251 e. The molecular weight excluding hydrogens is 517 g/mol. The smallest absolute Gasteiger partial charge is 0.251 e. The molecule has 0 saturated carbocycles. The molecule has 1 amide bonds. The molecule has 9 heteroatoms. The molecule has 39 heavy (non-hydrogen) atoms. The number of benzene rings is 3. The molecule has 2 unspecified atom stereocenters. The predicted molar refractivity (Wildman–Crippen MR) is 154 cm³/mol. The number of halogens is 1. The summed E-state index contributed by atoms with van der Waals surface area (Å²) in [6, 6.07) is 20.4. The number of anilines is 1. The Kier molecular flexibility index (Phi) is 10.2. The summed E-state index contributed by atoms with van der Waals surface area (Å²) in [4.78, 5) is 13.2. The molecule has 0 saturated heterocycles. The van der Waals surface area contributed by atoms with Gasteiger partial charge in [0.05, 0.1) is 31.2 Å². The fourth-order valence-electron chi connectivity index (χ4n) is 4.46. The van der Waals surface area contributed by atoms with Gasteiger partial charge in [-0.05, 0) is 66.8 Å². The van der Waals surface area contributed by atoms with Crippen LogP contribution < -0.4 is 15.4 Å². The lowest BCUT2D eigenvalue weighted by molar-refractivity contribution is 0.0689. The van der Waals surface area contributed by atoms with Gasteiger partial charge in [-0.2, -0.15) is 0 Å². The summed E-state index contributed by atoms with van der Waals surface area (Å²) in [7, 11) is -2.13. The second kappa shape index (κ2) is 13.2. The van der Waals surface area contributed by atoms with E-state index >= 15 is 0 Å². The molecule has 7 nitrogen and oxygen atoms in total. The van der Waals surface area contributed by atoms with E-state index in [9.17, 15) is 17.6 Å². The van der Waals surface area contributed by atoms with Crippen LogP contribution in [0.2, 0.25) is 0 Å². The molecular formula is C30H38FN3O4S. The molecule has 0 aromatic heterocycles. The van der Waals surface area contributed by atoms with Crippen LogP contribution in [0.25, 0.3) is 0 Å². The molecule has 3 rings (SSSR count). The predicted octanol–water partition coefficient (Wildman–Crippen LogP) is 4.97. The maximum atomic E-state index is 13.3. The summed E-state index contributed by atoms with van der Waals surface area (Å²) in [5, 5.41) is 2.90. The normalized spacial score (nSPS) is 13.9. The van der Waals surface area contributed by atoms with Gasteiger partial charge >= 0.3 is 0 Å². The topological polar surface area (TPSA) is 102 Å². The molecule has 0 spiro atoms. The van der Waals surface area contributed by atoms with Crippen molar-refractivity contribution in [2.45, 2.75) is 51.3 Å². The van der Waals surface area contributed by atoms with Crippen molar-refractivity contribution in [1.29, 1.82) is 0 Å². The standard InChI is InChI=1S/C30H38FN3O4S/c1-5-15-30(32,19-23-9-7-6-8-10-23)21-38-20-24-16-26(18-28(17-24)34(3)39(4,36)37)29(35)33-22(2)25-11-13-27(31)14-12-25/h6-14,16-18,22H,5,15,19-21,32H2,1-4H3,(H,33,35). The Balaban J connectivity index is 1.80. The first-order valence-corrected chi connectivity index (χ1v) is 14.8. The summed E-state index contributed by atoms with van der Waals surface area (Å²) >= 11 is 0. The van der Waals surface area contributed by atoms with Gasteiger partial charge in [-0.3, -0.25) is 9.10 Å². The molecule has 0 heterocycles. The Morgan fingerprint density at radius 2 is 1.74 bits per heavy atom. The van der Waals surface area contributed by atoms with Crippen LogP contribution in [0.5, 0.6) is 0 Å². The lowest BCUT2D eigenvalue weighted by atomic mass is 9.88. The van der Waals surface area contributed by atoms with Crippen molar-refractivity contribution >= 4 is 21.6 Å². The number of amides is 1. The Hall–Kier alpha value is -3.27. The average molecular weight is 556 g/mol. The molecule has 3 aromatic carbocycles. The van der Waals surface area contributed by atoms with E-state index in [1.54, 1.807) is 31.2 Å². The summed E-state index contributed by atoms with van der Waals surface area (Å²) in [6.07, 6.45) is 3.43. The van der Waals surface area contributed by atoms with Crippen molar-refractivity contribution in [1.82, 2.24) is 5.32 Å². The van der Waals surface area contributed by atoms with Crippen LogP contribution in [0, 0.1) is 5.82 Å². The van der Waals surface area contributed by atoms with E-state index in [0.29, 0.717) is 24.3 Å². The van der Waals surface area contributed by atoms with Crippen LogP contribution in [-0.2, 0) is 27.8 Å².